The van der Waals surface area contributed by atoms with Crippen LogP contribution in [0.25, 0.3) is 27.4 Å². The van der Waals surface area contributed by atoms with Gasteiger partial charge in [-0.15, -0.1) is 0 Å². The number of rotatable bonds is 10. The van der Waals surface area contributed by atoms with Crippen LogP contribution >= 0.6 is 0 Å². The van der Waals surface area contributed by atoms with Crippen molar-refractivity contribution in [2.75, 3.05) is 13.2 Å². The highest BCUT2D eigenvalue weighted by Gasteiger charge is 2.27. The summed E-state index contributed by atoms with van der Waals surface area (Å²) in [5.41, 5.74) is 2.20. The minimum Gasteiger partial charge on any atom is -0.367 e. The molecule has 6 nitrogen and oxygen atoms in total. The normalized spacial score (nSPS) is 12.2. The lowest BCUT2D eigenvalue weighted by atomic mass is 10.1. The molecule has 204 valence electrons. The molecule has 0 aliphatic carbocycles. The van der Waals surface area contributed by atoms with Gasteiger partial charge in [-0.05, 0) is 59.9 Å². The average molecular weight is 534 g/mol. The molecule has 0 aliphatic heterocycles. The van der Waals surface area contributed by atoms with E-state index in [-0.39, 0.29) is 18.1 Å². The highest BCUT2D eigenvalue weighted by Crippen LogP contribution is 2.26. The Bertz CT molecular complexity index is 1680. The lowest BCUT2D eigenvalue weighted by molar-refractivity contribution is -0.139. The van der Waals surface area contributed by atoms with E-state index in [4.69, 9.17) is 9.72 Å². The number of fused-ring (bicyclic) bond motifs is 2. The fourth-order valence-electron chi connectivity index (χ4n) is 4.98. The number of hydrogen-bond acceptors (Lipinski definition) is 4. The average Bonchev–Trinajstić information content (AvgIpc) is 2.97. The van der Waals surface area contributed by atoms with E-state index in [2.05, 4.69) is 13.8 Å². The molecular formula is C34H35N3O3. The van der Waals surface area contributed by atoms with Gasteiger partial charge in [0, 0.05) is 6.54 Å². The first-order chi connectivity index (χ1) is 19.4. The summed E-state index contributed by atoms with van der Waals surface area (Å²) in [4.78, 5) is 34.4. The fourth-order valence-corrected chi connectivity index (χ4v) is 4.98. The number of amides is 1. The Morgan fingerprint density at radius 2 is 1.57 bits per heavy atom. The molecule has 5 aromatic rings. The predicted octanol–water partition coefficient (Wildman–Crippen LogP) is 6.69. The second kappa shape index (κ2) is 12.3. The van der Waals surface area contributed by atoms with Gasteiger partial charge in [-0.1, -0.05) is 86.6 Å². The van der Waals surface area contributed by atoms with E-state index in [0.717, 1.165) is 28.4 Å². The Morgan fingerprint density at radius 1 is 0.875 bits per heavy atom. The number of ether oxygens (including phenoxy) is 1. The molecule has 1 amide bonds. The molecule has 40 heavy (non-hydrogen) atoms. The largest absolute Gasteiger partial charge is 0.367 e. The SMILES string of the molecule is CC(C)CCN(C(=O)COCc1ccccc1)C(C)c1nc2ccccc2c(=O)n1-c1ccc2ccccc2c1. The van der Waals surface area contributed by atoms with Gasteiger partial charge in [-0.25, -0.2) is 4.98 Å². The van der Waals surface area contributed by atoms with Crippen LogP contribution in [0.4, 0.5) is 0 Å². The molecule has 0 aliphatic rings. The van der Waals surface area contributed by atoms with E-state index in [1.54, 1.807) is 15.5 Å². The first-order valence-electron chi connectivity index (χ1n) is 13.8. The van der Waals surface area contributed by atoms with Crippen molar-refractivity contribution in [3.8, 4) is 5.69 Å². The van der Waals surface area contributed by atoms with Gasteiger partial charge in [0.1, 0.15) is 12.4 Å². The smallest absolute Gasteiger partial charge is 0.266 e. The number of benzene rings is 4. The summed E-state index contributed by atoms with van der Waals surface area (Å²) in [6.07, 6.45) is 0.822. The molecule has 1 atom stereocenters. The molecule has 1 heterocycles. The van der Waals surface area contributed by atoms with E-state index in [1.807, 2.05) is 97.9 Å². The first kappa shape index (κ1) is 27.3. The second-order valence-corrected chi connectivity index (χ2v) is 10.6. The Morgan fingerprint density at radius 3 is 2.35 bits per heavy atom. The molecule has 1 aromatic heterocycles. The third-order valence-corrected chi connectivity index (χ3v) is 7.24. The number of carbonyl (C=O) groups is 1. The Labute approximate surface area is 234 Å². The zero-order valence-electron chi connectivity index (χ0n) is 23.3. The molecule has 5 rings (SSSR count). The summed E-state index contributed by atoms with van der Waals surface area (Å²) < 4.78 is 7.50. The Kier molecular flexibility index (Phi) is 8.37. The quantitative estimate of drug-likeness (QED) is 0.201. The minimum atomic E-state index is -0.463. The molecule has 0 bridgehead atoms. The zero-order valence-corrected chi connectivity index (χ0v) is 23.3. The maximum absolute atomic E-state index is 14.0. The van der Waals surface area contributed by atoms with Gasteiger partial charge < -0.3 is 9.64 Å². The van der Waals surface area contributed by atoms with Crippen LogP contribution in [0, 0.1) is 5.92 Å². The monoisotopic (exact) mass is 533 g/mol. The maximum atomic E-state index is 14.0. The fraction of sp³-hybridized carbons (Fsp3) is 0.265. The summed E-state index contributed by atoms with van der Waals surface area (Å²) in [6.45, 7) is 7.06. The topological polar surface area (TPSA) is 64.4 Å². The van der Waals surface area contributed by atoms with Crippen molar-refractivity contribution in [1.82, 2.24) is 14.5 Å². The van der Waals surface area contributed by atoms with Crippen LogP contribution in [0.5, 0.6) is 0 Å². The van der Waals surface area contributed by atoms with Crippen molar-refractivity contribution in [2.45, 2.75) is 39.8 Å². The standard InChI is InChI=1S/C34H35N3O3/c1-24(2)19-20-36(32(38)23-40-22-26-11-5-4-6-12-26)25(3)33-35-31-16-10-9-15-30(31)34(39)37(33)29-18-17-27-13-7-8-14-28(27)21-29/h4-18,21,24-25H,19-20,22-23H2,1-3H3. The molecule has 6 heteroatoms. The van der Waals surface area contributed by atoms with Crippen LogP contribution in [0.2, 0.25) is 0 Å². The number of carbonyl (C=O) groups excluding carboxylic acids is 1. The zero-order chi connectivity index (χ0) is 28.1. The van der Waals surface area contributed by atoms with Gasteiger partial charge in [0.15, 0.2) is 0 Å². The Hall–Kier alpha value is -4.29. The van der Waals surface area contributed by atoms with Gasteiger partial charge in [-0.2, -0.15) is 0 Å². The third-order valence-electron chi connectivity index (χ3n) is 7.24. The van der Waals surface area contributed by atoms with Crippen LogP contribution in [0.15, 0.2) is 102 Å². The summed E-state index contributed by atoms with van der Waals surface area (Å²) in [6, 6.07) is 30.8. The highest BCUT2D eigenvalue weighted by molar-refractivity contribution is 5.85. The molecular weight excluding hydrogens is 498 g/mol. The van der Waals surface area contributed by atoms with Crippen molar-refractivity contribution in [1.29, 1.82) is 0 Å². The van der Waals surface area contributed by atoms with E-state index in [9.17, 15) is 9.59 Å². The van der Waals surface area contributed by atoms with Crippen LogP contribution in [0.3, 0.4) is 0 Å². The number of para-hydroxylation sites is 1. The van der Waals surface area contributed by atoms with Crippen LogP contribution in [-0.4, -0.2) is 33.5 Å². The minimum absolute atomic E-state index is 0.0505. The molecule has 1 unspecified atom stereocenters. The predicted molar refractivity (Wildman–Crippen MR) is 161 cm³/mol. The van der Waals surface area contributed by atoms with Gasteiger partial charge in [-0.3, -0.25) is 14.2 Å². The van der Waals surface area contributed by atoms with Crippen molar-refractivity contribution in [3.63, 3.8) is 0 Å². The lowest BCUT2D eigenvalue weighted by Gasteiger charge is -2.31. The van der Waals surface area contributed by atoms with Crippen molar-refractivity contribution >= 4 is 27.6 Å². The molecule has 4 aromatic carbocycles. The van der Waals surface area contributed by atoms with Crippen LogP contribution < -0.4 is 5.56 Å². The van der Waals surface area contributed by atoms with Crippen molar-refractivity contribution in [3.05, 3.63) is 119 Å². The lowest BCUT2D eigenvalue weighted by Crippen LogP contribution is -2.40. The molecule has 0 saturated heterocycles. The third kappa shape index (κ3) is 5.97. The first-order valence-corrected chi connectivity index (χ1v) is 13.8. The van der Waals surface area contributed by atoms with E-state index < -0.39 is 6.04 Å². The van der Waals surface area contributed by atoms with E-state index in [0.29, 0.717) is 35.8 Å². The summed E-state index contributed by atoms with van der Waals surface area (Å²) in [7, 11) is 0. The van der Waals surface area contributed by atoms with Gasteiger partial charge >= 0.3 is 0 Å². The molecule has 0 N–H and O–H groups in total. The van der Waals surface area contributed by atoms with Crippen molar-refractivity contribution < 1.29 is 9.53 Å². The van der Waals surface area contributed by atoms with E-state index in [1.165, 1.54) is 0 Å². The van der Waals surface area contributed by atoms with Crippen LogP contribution in [-0.2, 0) is 16.1 Å². The number of hydrogen-bond donors (Lipinski definition) is 0. The van der Waals surface area contributed by atoms with Crippen LogP contribution in [0.1, 0.15) is 44.6 Å². The highest BCUT2D eigenvalue weighted by atomic mass is 16.5. The maximum Gasteiger partial charge on any atom is 0.266 e. The number of nitrogens with zero attached hydrogens (tertiary/aromatic N) is 3. The molecule has 0 radical (unpaired) electrons. The van der Waals surface area contributed by atoms with Gasteiger partial charge in [0.25, 0.3) is 5.56 Å². The van der Waals surface area contributed by atoms with E-state index >= 15 is 0 Å². The summed E-state index contributed by atoms with van der Waals surface area (Å²) in [5.74, 6) is 0.802. The van der Waals surface area contributed by atoms with Gasteiger partial charge in [0.2, 0.25) is 5.91 Å². The summed E-state index contributed by atoms with van der Waals surface area (Å²) >= 11 is 0. The molecule has 0 saturated carbocycles. The molecule has 0 spiro atoms. The second-order valence-electron chi connectivity index (χ2n) is 10.6. The number of aromatic nitrogens is 2. The molecule has 0 fully saturated rings. The van der Waals surface area contributed by atoms with Crippen molar-refractivity contribution in [2.24, 2.45) is 5.92 Å². The van der Waals surface area contributed by atoms with Gasteiger partial charge in [0.05, 0.1) is 29.2 Å². The summed E-state index contributed by atoms with van der Waals surface area (Å²) in [5, 5.41) is 2.66. The Balaban J connectivity index is 1.55.